The Morgan fingerprint density at radius 3 is 2.43 bits per heavy atom. The quantitative estimate of drug-likeness (QED) is 0.0902. The number of nitrogens with zero attached hydrogens (tertiary/aromatic N) is 2. The van der Waals surface area contributed by atoms with Crippen LogP contribution in [-0.4, -0.2) is 79.9 Å². The van der Waals surface area contributed by atoms with Gasteiger partial charge in [-0.2, -0.15) is 4.98 Å². The SMILES string of the molecule is CCOC(=O)c1c[nH]c2cc(C#Cc3cc(Cc4cnc(N)nc4N)cc(OC)c3OC)c(CCOCCOCCO)cc2c1=O. The van der Waals surface area contributed by atoms with Gasteiger partial charge in [-0.15, -0.1) is 0 Å². The number of H-pyrrole nitrogens is 1. The van der Waals surface area contributed by atoms with Gasteiger partial charge in [0, 0.05) is 35.3 Å². The molecule has 0 amide bonds. The number of anilines is 2. The second kappa shape index (κ2) is 16.2. The van der Waals surface area contributed by atoms with Crippen LogP contribution < -0.4 is 26.4 Å². The fourth-order valence-electron chi connectivity index (χ4n) is 4.71. The number of pyridine rings is 1. The number of carbonyl (C=O) groups is 1. The largest absolute Gasteiger partial charge is 0.493 e. The minimum Gasteiger partial charge on any atom is -0.493 e. The van der Waals surface area contributed by atoms with E-state index in [0.29, 0.717) is 71.8 Å². The normalized spacial score (nSPS) is 10.8. The minimum atomic E-state index is -0.699. The van der Waals surface area contributed by atoms with E-state index in [1.807, 2.05) is 12.1 Å². The van der Waals surface area contributed by atoms with E-state index >= 15 is 0 Å². The molecule has 0 saturated heterocycles. The van der Waals surface area contributed by atoms with Crippen molar-refractivity contribution < 1.29 is 33.6 Å². The van der Waals surface area contributed by atoms with Gasteiger partial charge in [0.15, 0.2) is 11.5 Å². The van der Waals surface area contributed by atoms with Crippen molar-refractivity contribution >= 4 is 28.6 Å². The molecule has 0 spiro atoms. The average molecular weight is 632 g/mol. The van der Waals surface area contributed by atoms with E-state index in [-0.39, 0.29) is 37.2 Å². The lowest BCUT2D eigenvalue weighted by molar-refractivity contribution is 0.0340. The molecule has 0 aliphatic rings. The van der Waals surface area contributed by atoms with Crippen molar-refractivity contribution in [3.63, 3.8) is 0 Å². The first-order chi connectivity index (χ1) is 22.3. The molecule has 0 aliphatic heterocycles. The number of nitrogens with two attached hydrogens (primary N) is 2. The number of benzene rings is 2. The number of nitrogens with one attached hydrogen (secondary N) is 1. The molecule has 0 saturated carbocycles. The van der Waals surface area contributed by atoms with Crippen molar-refractivity contribution in [1.82, 2.24) is 15.0 Å². The predicted octanol–water partition coefficient (Wildman–Crippen LogP) is 2.24. The van der Waals surface area contributed by atoms with Gasteiger partial charge in [0.2, 0.25) is 11.4 Å². The summed E-state index contributed by atoms with van der Waals surface area (Å²) in [6, 6.07) is 7.17. The van der Waals surface area contributed by atoms with Crippen molar-refractivity contribution in [2.75, 3.05) is 65.3 Å². The summed E-state index contributed by atoms with van der Waals surface area (Å²) in [5.41, 5.74) is 15.1. The first-order valence-electron chi connectivity index (χ1n) is 14.5. The highest BCUT2D eigenvalue weighted by atomic mass is 16.5. The van der Waals surface area contributed by atoms with Crippen molar-refractivity contribution in [1.29, 1.82) is 0 Å². The summed E-state index contributed by atoms with van der Waals surface area (Å²) in [6.45, 7) is 2.96. The topological polar surface area (TPSA) is 194 Å². The highest BCUT2D eigenvalue weighted by Crippen LogP contribution is 2.33. The number of rotatable bonds is 14. The van der Waals surface area contributed by atoms with E-state index in [0.717, 1.165) is 11.1 Å². The molecule has 2 heterocycles. The van der Waals surface area contributed by atoms with Crippen LogP contribution >= 0.6 is 0 Å². The number of aromatic nitrogens is 3. The number of ether oxygens (including phenoxy) is 5. The van der Waals surface area contributed by atoms with Crippen LogP contribution in [0.25, 0.3) is 10.9 Å². The van der Waals surface area contributed by atoms with Gasteiger partial charge in [-0.3, -0.25) is 4.79 Å². The zero-order chi connectivity index (χ0) is 33.1. The van der Waals surface area contributed by atoms with Gasteiger partial charge in [0.25, 0.3) is 0 Å². The zero-order valence-corrected chi connectivity index (χ0v) is 26.0. The second-order valence-corrected chi connectivity index (χ2v) is 9.95. The zero-order valence-electron chi connectivity index (χ0n) is 26.0. The molecule has 46 heavy (non-hydrogen) atoms. The number of hydrogen-bond acceptors (Lipinski definition) is 12. The number of fused-ring (bicyclic) bond motifs is 1. The third-order valence-corrected chi connectivity index (χ3v) is 6.91. The van der Waals surface area contributed by atoms with Gasteiger partial charge >= 0.3 is 5.97 Å². The molecule has 0 aliphatic carbocycles. The van der Waals surface area contributed by atoms with Crippen LogP contribution in [0.5, 0.6) is 11.5 Å². The van der Waals surface area contributed by atoms with Crippen LogP contribution in [0.2, 0.25) is 0 Å². The number of aliphatic hydroxyl groups is 1. The smallest absolute Gasteiger partial charge is 0.343 e. The van der Waals surface area contributed by atoms with E-state index in [2.05, 4.69) is 26.8 Å². The molecule has 13 nitrogen and oxygen atoms in total. The Kier molecular flexibility index (Phi) is 11.9. The Morgan fingerprint density at radius 2 is 1.74 bits per heavy atom. The molecule has 4 rings (SSSR count). The number of hydrogen-bond donors (Lipinski definition) is 4. The van der Waals surface area contributed by atoms with E-state index in [1.165, 1.54) is 20.4 Å². The number of aliphatic hydroxyl groups excluding tert-OH is 1. The van der Waals surface area contributed by atoms with Crippen LogP contribution in [0.4, 0.5) is 11.8 Å². The first-order valence-corrected chi connectivity index (χ1v) is 14.5. The van der Waals surface area contributed by atoms with Gasteiger partial charge in [0.05, 0.1) is 64.9 Å². The Bertz CT molecular complexity index is 1810. The Hall–Kier alpha value is -5.16. The standard InChI is InChI=1S/C33H37N5O8/c1-4-46-32(41)26-19-36-27-17-21(22(16-25(27)29(26)40)7-9-44-11-12-45-10-8-39)5-6-23-13-20(15-28(42-2)30(23)43-3)14-24-18-37-33(35)38-31(24)34/h13,15-19,39H,4,7-12,14H2,1-3H3,(H,36,40)(H4,34,35,37,38). The summed E-state index contributed by atoms with van der Waals surface area (Å²) >= 11 is 0. The third kappa shape index (κ3) is 8.30. The molecule has 242 valence electrons. The van der Waals surface area contributed by atoms with Crippen LogP contribution in [0.3, 0.4) is 0 Å². The monoisotopic (exact) mass is 631 g/mol. The molecule has 0 unspecified atom stereocenters. The minimum absolute atomic E-state index is 0.0646. The van der Waals surface area contributed by atoms with E-state index < -0.39 is 11.4 Å². The summed E-state index contributed by atoms with van der Waals surface area (Å²) in [6.07, 6.45) is 3.74. The lowest BCUT2D eigenvalue weighted by atomic mass is 9.99. The maximum Gasteiger partial charge on any atom is 0.343 e. The molecule has 13 heteroatoms. The number of aromatic amines is 1. The molecular formula is C33H37N5O8. The number of nitrogen functional groups attached to an aromatic ring is 2. The summed E-state index contributed by atoms with van der Waals surface area (Å²) in [4.78, 5) is 36.8. The highest BCUT2D eigenvalue weighted by molar-refractivity contribution is 5.94. The summed E-state index contributed by atoms with van der Waals surface area (Å²) < 4.78 is 27.3. The van der Waals surface area contributed by atoms with Crippen LogP contribution in [-0.2, 0) is 27.1 Å². The molecule has 0 fully saturated rings. The molecule has 0 radical (unpaired) electrons. The Balaban J connectivity index is 1.75. The van der Waals surface area contributed by atoms with Crippen LogP contribution in [0.15, 0.2) is 41.5 Å². The molecule has 4 aromatic rings. The summed E-state index contributed by atoms with van der Waals surface area (Å²) in [7, 11) is 3.07. The van der Waals surface area contributed by atoms with Gasteiger partial charge in [-0.05, 0) is 48.7 Å². The van der Waals surface area contributed by atoms with Crippen LogP contribution in [0, 0.1) is 11.8 Å². The van der Waals surface area contributed by atoms with Crippen molar-refractivity contribution in [3.05, 3.63) is 80.3 Å². The first kappa shape index (κ1) is 33.7. The Labute approximate surface area is 265 Å². The fraction of sp³-hybridized carbons (Fsp3) is 0.333. The van der Waals surface area contributed by atoms with Crippen molar-refractivity contribution in [2.45, 2.75) is 19.8 Å². The maximum atomic E-state index is 13.3. The van der Waals surface area contributed by atoms with Gasteiger partial charge < -0.3 is 45.2 Å². The number of carbonyl (C=O) groups excluding carboxylic acids is 1. The Morgan fingerprint density at radius 1 is 0.978 bits per heavy atom. The molecule has 0 bridgehead atoms. The second-order valence-electron chi connectivity index (χ2n) is 9.95. The maximum absolute atomic E-state index is 13.3. The predicted molar refractivity (Wildman–Crippen MR) is 172 cm³/mol. The van der Waals surface area contributed by atoms with Crippen molar-refractivity contribution in [3.8, 4) is 23.3 Å². The molecule has 0 atom stereocenters. The van der Waals surface area contributed by atoms with Gasteiger partial charge in [0.1, 0.15) is 11.4 Å². The molecule has 6 N–H and O–H groups in total. The fourth-order valence-corrected chi connectivity index (χ4v) is 4.71. The molecule has 2 aromatic carbocycles. The van der Waals surface area contributed by atoms with Gasteiger partial charge in [-0.25, -0.2) is 9.78 Å². The summed E-state index contributed by atoms with van der Waals surface area (Å²) in [5.74, 6) is 7.03. The molecular weight excluding hydrogens is 594 g/mol. The van der Waals surface area contributed by atoms with Gasteiger partial charge in [-0.1, -0.05) is 11.8 Å². The summed E-state index contributed by atoms with van der Waals surface area (Å²) in [5, 5.41) is 9.19. The lowest BCUT2D eigenvalue weighted by Crippen LogP contribution is -2.18. The van der Waals surface area contributed by atoms with E-state index in [4.69, 9.17) is 40.3 Å². The lowest BCUT2D eigenvalue weighted by Gasteiger charge is -2.13. The van der Waals surface area contributed by atoms with E-state index in [1.54, 1.807) is 25.3 Å². The van der Waals surface area contributed by atoms with Crippen molar-refractivity contribution in [2.24, 2.45) is 0 Å². The average Bonchev–Trinajstić information content (AvgIpc) is 3.04. The third-order valence-electron chi connectivity index (χ3n) is 6.91. The number of esters is 1. The van der Waals surface area contributed by atoms with Crippen LogP contribution in [0.1, 0.15) is 45.1 Å². The highest BCUT2D eigenvalue weighted by Gasteiger charge is 2.17. The molecule has 2 aromatic heterocycles. The number of methoxy groups -OCH3 is 2. The van der Waals surface area contributed by atoms with E-state index in [9.17, 15) is 9.59 Å².